The molecule has 3 aromatic rings. The third-order valence-electron chi connectivity index (χ3n) is 4.48. The molecule has 1 fully saturated rings. The number of Topliss-reactive ketones (excluding diaryl/α,β-unsaturated/α-hetero) is 1. The first kappa shape index (κ1) is 19.8. The predicted molar refractivity (Wildman–Crippen MR) is 110 cm³/mol. The fraction of sp³-hybridized carbons (Fsp3) is 0.238. The van der Waals surface area contributed by atoms with Gasteiger partial charge in [0.25, 0.3) is 5.78 Å². The van der Waals surface area contributed by atoms with Crippen molar-refractivity contribution in [1.29, 1.82) is 0 Å². The van der Waals surface area contributed by atoms with Gasteiger partial charge in [0, 0.05) is 5.56 Å². The molecule has 0 bridgehead atoms. The van der Waals surface area contributed by atoms with Gasteiger partial charge in [-0.1, -0.05) is 11.3 Å². The van der Waals surface area contributed by atoms with Crippen molar-refractivity contribution in [2.75, 3.05) is 4.90 Å². The summed E-state index contributed by atoms with van der Waals surface area (Å²) in [5, 5.41) is 19.8. The number of hydrogen-bond acceptors (Lipinski definition) is 8. The monoisotopic (exact) mass is 425 g/mol. The summed E-state index contributed by atoms with van der Waals surface area (Å²) in [5.74, 6) is -0.940. The van der Waals surface area contributed by atoms with Crippen LogP contribution in [-0.4, -0.2) is 33.1 Å². The molecule has 0 aliphatic carbocycles. The Balaban J connectivity index is 1.82. The van der Waals surface area contributed by atoms with Crippen LogP contribution in [0.2, 0.25) is 0 Å². The molecule has 3 heterocycles. The lowest BCUT2D eigenvalue weighted by molar-refractivity contribution is -0.132. The van der Waals surface area contributed by atoms with Crippen molar-refractivity contribution < 1.29 is 23.8 Å². The number of carbonyl (C=O) groups is 2. The number of aryl methyl sites for hydroxylation is 1. The molecule has 1 amide bonds. The summed E-state index contributed by atoms with van der Waals surface area (Å²) in [6, 6.07) is 9.01. The fourth-order valence-corrected chi connectivity index (χ4v) is 3.96. The maximum Gasteiger partial charge on any atom is 0.302 e. The lowest BCUT2D eigenvalue weighted by atomic mass is 9.99. The Labute approximate surface area is 176 Å². The van der Waals surface area contributed by atoms with Gasteiger partial charge < -0.3 is 14.3 Å². The van der Waals surface area contributed by atoms with E-state index in [1.165, 1.54) is 22.5 Å². The van der Waals surface area contributed by atoms with Gasteiger partial charge in [-0.25, -0.2) is 0 Å². The molecule has 8 nitrogen and oxygen atoms in total. The Kier molecular flexibility index (Phi) is 5.13. The molecular formula is C21H19N3O5S. The lowest BCUT2D eigenvalue weighted by Crippen LogP contribution is -2.29. The van der Waals surface area contributed by atoms with Crippen molar-refractivity contribution in [3.63, 3.8) is 0 Å². The van der Waals surface area contributed by atoms with Gasteiger partial charge in [0.05, 0.1) is 17.9 Å². The van der Waals surface area contributed by atoms with E-state index in [0.29, 0.717) is 22.1 Å². The Morgan fingerprint density at radius 3 is 2.50 bits per heavy atom. The van der Waals surface area contributed by atoms with E-state index in [2.05, 4.69) is 10.2 Å². The van der Waals surface area contributed by atoms with Crippen LogP contribution in [0.25, 0.3) is 5.76 Å². The standard InChI is InChI=1S/C21H19N3O5S/c1-11(2)29-14-8-6-13(7-9-14)18(25)16-17(15-5-4-10-28-15)24(20(27)19(16)26)21-23-22-12(3)30-21/h4-11,17,25H,1-3H3/b18-16+/t17-/m1/s1. The molecule has 0 unspecified atom stereocenters. The molecular weight excluding hydrogens is 406 g/mol. The molecule has 154 valence electrons. The van der Waals surface area contributed by atoms with Crippen LogP contribution in [0.3, 0.4) is 0 Å². The van der Waals surface area contributed by atoms with Gasteiger partial charge in [-0.3, -0.25) is 14.5 Å². The number of ether oxygens (including phenoxy) is 1. The number of nitrogens with zero attached hydrogens (tertiary/aromatic N) is 3. The number of aliphatic hydroxyl groups excluding tert-OH is 1. The van der Waals surface area contributed by atoms with Crippen molar-refractivity contribution in [1.82, 2.24) is 10.2 Å². The van der Waals surface area contributed by atoms with Gasteiger partial charge >= 0.3 is 5.91 Å². The van der Waals surface area contributed by atoms with Crippen LogP contribution in [0.1, 0.15) is 36.2 Å². The molecule has 2 aromatic heterocycles. The summed E-state index contributed by atoms with van der Waals surface area (Å²) in [6.45, 7) is 5.57. The van der Waals surface area contributed by atoms with Crippen LogP contribution in [-0.2, 0) is 9.59 Å². The molecule has 1 saturated heterocycles. The second kappa shape index (κ2) is 7.75. The van der Waals surface area contributed by atoms with Crippen LogP contribution in [0.5, 0.6) is 5.75 Å². The number of anilines is 1. The van der Waals surface area contributed by atoms with E-state index in [1.807, 2.05) is 13.8 Å². The van der Waals surface area contributed by atoms with Crippen molar-refractivity contribution in [3.8, 4) is 5.75 Å². The second-order valence-electron chi connectivity index (χ2n) is 6.98. The van der Waals surface area contributed by atoms with E-state index in [1.54, 1.807) is 43.3 Å². The Morgan fingerprint density at radius 1 is 1.20 bits per heavy atom. The quantitative estimate of drug-likeness (QED) is 0.376. The van der Waals surface area contributed by atoms with Crippen LogP contribution >= 0.6 is 11.3 Å². The summed E-state index contributed by atoms with van der Waals surface area (Å²) in [7, 11) is 0. The summed E-state index contributed by atoms with van der Waals surface area (Å²) in [5.41, 5.74) is 0.314. The highest BCUT2D eigenvalue weighted by molar-refractivity contribution is 7.15. The van der Waals surface area contributed by atoms with Crippen LogP contribution < -0.4 is 9.64 Å². The molecule has 1 aliphatic rings. The topological polar surface area (TPSA) is 106 Å². The highest BCUT2D eigenvalue weighted by Crippen LogP contribution is 2.43. The number of furan rings is 1. The lowest BCUT2D eigenvalue weighted by Gasteiger charge is -2.20. The minimum absolute atomic E-state index is 0.00378. The number of carbonyl (C=O) groups excluding carboxylic acids is 2. The van der Waals surface area contributed by atoms with Gasteiger partial charge in [0.2, 0.25) is 5.13 Å². The summed E-state index contributed by atoms with van der Waals surface area (Å²) in [4.78, 5) is 27.0. The predicted octanol–water partition coefficient (Wildman–Crippen LogP) is 3.85. The maximum absolute atomic E-state index is 12.9. The maximum atomic E-state index is 12.9. The number of aromatic nitrogens is 2. The van der Waals surface area contributed by atoms with Gasteiger partial charge in [0.15, 0.2) is 0 Å². The fourth-order valence-electron chi connectivity index (χ4n) is 3.25. The number of hydrogen-bond donors (Lipinski definition) is 1. The first-order chi connectivity index (χ1) is 14.4. The number of benzene rings is 1. The van der Waals surface area contributed by atoms with Crippen LogP contribution in [0.4, 0.5) is 5.13 Å². The smallest absolute Gasteiger partial charge is 0.302 e. The van der Waals surface area contributed by atoms with Crippen molar-refractivity contribution in [3.05, 3.63) is 64.6 Å². The highest BCUT2D eigenvalue weighted by Gasteiger charge is 2.49. The minimum Gasteiger partial charge on any atom is -0.507 e. The third-order valence-corrected chi connectivity index (χ3v) is 5.32. The van der Waals surface area contributed by atoms with E-state index in [9.17, 15) is 14.7 Å². The Bertz CT molecular complexity index is 1120. The van der Waals surface area contributed by atoms with Gasteiger partial charge in [-0.2, -0.15) is 0 Å². The zero-order valence-electron chi connectivity index (χ0n) is 16.5. The van der Waals surface area contributed by atoms with Crippen molar-refractivity contribution >= 4 is 33.9 Å². The van der Waals surface area contributed by atoms with E-state index in [-0.39, 0.29) is 22.6 Å². The zero-order valence-corrected chi connectivity index (χ0v) is 17.3. The largest absolute Gasteiger partial charge is 0.507 e. The third kappa shape index (κ3) is 3.48. The number of ketones is 1. The van der Waals surface area contributed by atoms with E-state index >= 15 is 0 Å². The minimum atomic E-state index is -0.945. The van der Waals surface area contributed by atoms with E-state index < -0.39 is 17.7 Å². The van der Waals surface area contributed by atoms with Crippen molar-refractivity contribution in [2.24, 2.45) is 0 Å². The first-order valence-electron chi connectivity index (χ1n) is 9.28. The van der Waals surface area contributed by atoms with Crippen LogP contribution in [0, 0.1) is 6.92 Å². The molecule has 1 N–H and O–H groups in total. The summed E-state index contributed by atoms with van der Waals surface area (Å²) in [6.07, 6.45) is 1.45. The molecule has 1 atom stereocenters. The molecule has 0 radical (unpaired) electrons. The van der Waals surface area contributed by atoms with E-state index in [0.717, 1.165) is 0 Å². The molecule has 9 heteroatoms. The van der Waals surface area contributed by atoms with Crippen LogP contribution in [0.15, 0.2) is 52.7 Å². The molecule has 1 aliphatic heterocycles. The average molecular weight is 425 g/mol. The van der Waals surface area contributed by atoms with E-state index in [4.69, 9.17) is 9.15 Å². The van der Waals surface area contributed by atoms with Gasteiger partial charge in [-0.15, -0.1) is 10.2 Å². The molecule has 0 spiro atoms. The Hall–Kier alpha value is -3.46. The Morgan fingerprint density at radius 2 is 1.93 bits per heavy atom. The normalized spacial score (nSPS) is 18.4. The molecule has 30 heavy (non-hydrogen) atoms. The van der Waals surface area contributed by atoms with Gasteiger partial charge in [-0.05, 0) is 57.2 Å². The van der Waals surface area contributed by atoms with Gasteiger partial charge in [0.1, 0.15) is 28.3 Å². The molecule has 1 aromatic carbocycles. The zero-order chi connectivity index (χ0) is 21.4. The summed E-state index contributed by atoms with van der Waals surface area (Å²) >= 11 is 1.18. The second-order valence-corrected chi connectivity index (χ2v) is 8.14. The highest BCUT2D eigenvalue weighted by atomic mass is 32.1. The molecule has 0 saturated carbocycles. The molecule has 4 rings (SSSR count). The first-order valence-corrected chi connectivity index (χ1v) is 10.1. The SMILES string of the molecule is Cc1nnc(N2C(=O)C(=O)/C(=C(/O)c3ccc(OC(C)C)cc3)[C@H]2c2ccco2)s1. The number of rotatable bonds is 5. The number of amides is 1. The number of aliphatic hydroxyl groups is 1. The summed E-state index contributed by atoms with van der Waals surface area (Å²) < 4.78 is 11.1. The van der Waals surface area contributed by atoms with Crippen molar-refractivity contribution in [2.45, 2.75) is 32.9 Å². The average Bonchev–Trinajstić information content (AvgIpc) is 3.43.